The van der Waals surface area contributed by atoms with Crippen molar-refractivity contribution >= 4 is 11.3 Å². The molecule has 1 heterocycles. The number of methoxy groups -OCH3 is 1. The molecule has 0 saturated heterocycles. The topological polar surface area (TPSA) is 54.4 Å². The summed E-state index contributed by atoms with van der Waals surface area (Å²) >= 11 is 1.66. The molecule has 2 atom stereocenters. The van der Waals surface area contributed by atoms with Crippen LogP contribution in [0.15, 0.2) is 29.8 Å². The fourth-order valence-corrected chi connectivity index (χ4v) is 2.91. The molecule has 108 valence electrons. The first-order valence-electron chi connectivity index (χ1n) is 6.68. The van der Waals surface area contributed by atoms with Gasteiger partial charge in [0.05, 0.1) is 13.2 Å². The molecule has 5 heteroatoms. The highest BCUT2D eigenvalue weighted by atomic mass is 32.1. The second-order valence-electron chi connectivity index (χ2n) is 4.65. The Hall–Kier alpha value is -1.59. The molecule has 0 bridgehead atoms. The molecule has 0 aliphatic rings. The third-order valence-corrected chi connectivity index (χ3v) is 4.20. The molecule has 2 rings (SSSR count). The summed E-state index contributed by atoms with van der Waals surface area (Å²) in [6, 6.07) is 5.82. The molecule has 20 heavy (non-hydrogen) atoms. The molecule has 0 fully saturated rings. The van der Waals surface area contributed by atoms with Crippen molar-refractivity contribution in [2.75, 3.05) is 7.11 Å². The average Bonchev–Trinajstić information content (AvgIpc) is 2.99. The van der Waals surface area contributed by atoms with Crippen molar-refractivity contribution in [1.82, 2.24) is 10.3 Å². The van der Waals surface area contributed by atoms with E-state index < -0.39 is 0 Å². The van der Waals surface area contributed by atoms with Crippen LogP contribution in [0.5, 0.6) is 11.5 Å². The van der Waals surface area contributed by atoms with Gasteiger partial charge in [-0.3, -0.25) is 0 Å². The highest BCUT2D eigenvalue weighted by molar-refractivity contribution is 7.09. The Morgan fingerprint density at radius 1 is 1.45 bits per heavy atom. The number of nitrogens with one attached hydrogen (secondary N) is 1. The van der Waals surface area contributed by atoms with Crippen molar-refractivity contribution in [2.45, 2.75) is 32.4 Å². The Labute approximate surface area is 123 Å². The maximum Gasteiger partial charge on any atom is 0.160 e. The van der Waals surface area contributed by atoms with Gasteiger partial charge in [0.15, 0.2) is 11.5 Å². The molecule has 2 aromatic rings. The van der Waals surface area contributed by atoms with Crippen LogP contribution < -0.4 is 10.1 Å². The second kappa shape index (κ2) is 6.72. The lowest BCUT2D eigenvalue weighted by Crippen LogP contribution is -2.24. The molecule has 0 saturated carbocycles. The quantitative estimate of drug-likeness (QED) is 0.853. The third kappa shape index (κ3) is 3.29. The molecule has 4 nitrogen and oxygen atoms in total. The number of hydrogen-bond acceptors (Lipinski definition) is 5. The first-order chi connectivity index (χ1) is 9.65. The number of aromatic hydroxyl groups is 1. The van der Waals surface area contributed by atoms with E-state index in [0.29, 0.717) is 5.75 Å². The first kappa shape index (κ1) is 14.8. The highest BCUT2D eigenvalue weighted by Gasteiger charge is 2.16. The van der Waals surface area contributed by atoms with E-state index in [1.165, 1.54) is 0 Å². The van der Waals surface area contributed by atoms with Gasteiger partial charge < -0.3 is 15.2 Å². The van der Waals surface area contributed by atoms with Gasteiger partial charge in [-0.1, -0.05) is 13.0 Å². The summed E-state index contributed by atoms with van der Waals surface area (Å²) in [5.41, 5.74) is 1.08. The summed E-state index contributed by atoms with van der Waals surface area (Å²) in [5.74, 6) is 0.661. The van der Waals surface area contributed by atoms with Crippen LogP contribution in [0.1, 0.15) is 42.9 Å². The average molecular weight is 292 g/mol. The number of aromatic nitrogens is 1. The summed E-state index contributed by atoms with van der Waals surface area (Å²) in [4.78, 5) is 4.37. The lowest BCUT2D eigenvalue weighted by Gasteiger charge is -2.21. The normalized spacial score (nSPS) is 13.9. The van der Waals surface area contributed by atoms with Crippen molar-refractivity contribution in [3.05, 3.63) is 40.3 Å². The van der Waals surface area contributed by atoms with Crippen LogP contribution in [0, 0.1) is 0 Å². The number of rotatable bonds is 6. The maximum atomic E-state index is 9.64. The summed E-state index contributed by atoms with van der Waals surface area (Å²) in [6.07, 6.45) is 2.81. The van der Waals surface area contributed by atoms with Gasteiger partial charge in [0.25, 0.3) is 0 Å². The van der Waals surface area contributed by atoms with Gasteiger partial charge in [0.2, 0.25) is 0 Å². The summed E-state index contributed by atoms with van der Waals surface area (Å²) in [6.45, 7) is 4.24. The van der Waals surface area contributed by atoms with E-state index >= 15 is 0 Å². The minimum absolute atomic E-state index is 0.151. The fourth-order valence-electron chi connectivity index (χ4n) is 2.13. The van der Waals surface area contributed by atoms with Crippen molar-refractivity contribution in [2.24, 2.45) is 0 Å². The molecule has 0 aliphatic heterocycles. The molecule has 2 N–H and O–H groups in total. The number of phenolic OH excluding ortho intramolecular Hbond substituents is 1. The number of phenols is 1. The number of benzene rings is 1. The molecule has 2 unspecified atom stereocenters. The molecule has 0 spiro atoms. The maximum absolute atomic E-state index is 9.64. The Morgan fingerprint density at radius 2 is 2.25 bits per heavy atom. The van der Waals surface area contributed by atoms with Crippen LogP contribution in [-0.4, -0.2) is 17.2 Å². The molecular weight excluding hydrogens is 272 g/mol. The number of thiazole rings is 1. The van der Waals surface area contributed by atoms with E-state index in [0.717, 1.165) is 17.0 Å². The van der Waals surface area contributed by atoms with Crippen molar-refractivity contribution in [3.8, 4) is 11.5 Å². The summed E-state index contributed by atoms with van der Waals surface area (Å²) in [5, 5.41) is 16.3. The molecule has 0 radical (unpaired) electrons. The third-order valence-electron chi connectivity index (χ3n) is 3.31. The molecule has 1 aromatic heterocycles. The zero-order chi connectivity index (χ0) is 14.5. The monoisotopic (exact) mass is 292 g/mol. The molecular formula is C15H20N2O2S. The number of nitrogens with zero attached hydrogens (tertiary/aromatic N) is 1. The van der Waals surface area contributed by atoms with E-state index in [-0.39, 0.29) is 17.8 Å². The molecule has 0 amide bonds. The van der Waals surface area contributed by atoms with Gasteiger partial charge in [-0.15, -0.1) is 11.3 Å². The molecule has 1 aromatic carbocycles. The Bertz CT molecular complexity index is 543. The second-order valence-corrected chi connectivity index (χ2v) is 5.58. The first-order valence-corrected chi connectivity index (χ1v) is 7.56. The van der Waals surface area contributed by atoms with Crippen LogP contribution in [-0.2, 0) is 0 Å². The van der Waals surface area contributed by atoms with Crippen LogP contribution in [0.3, 0.4) is 0 Å². The standard InChI is InChI=1S/C15H20N2O2S/c1-4-12(15-16-7-8-20-15)17-10(2)11-5-6-13(18)14(9-11)19-3/h5-10,12,17-18H,4H2,1-3H3. The van der Waals surface area contributed by atoms with Crippen molar-refractivity contribution in [3.63, 3.8) is 0 Å². The minimum atomic E-state index is 0.151. The van der Waals surface area contributed by atoms with Crippen LogP contribution in [0.4, 0.5) is 0 Å². The van der Waals surface area contributed by atoms with E-state index in [4.69, 9.17) is 4.74 Å². The van der Waals surface area contributed by atoms with Crippen molar-refractivity contribution < 1.29 is 9.84 Å². The zero-order valence-electron chi connectivity index (χ0n) is 12.0. The van der Waals surface area contributed by atoms with E-state index in [2.05, 4.69) is 24.1 Å². The largest absolute Gasteiger partial charge is 0.504 e. The Balaban J connectivity index is 2.13. The minimum Gasteiger partial charge on any atom is -0.504 e. The van der Waals surface area contributed by atoms with Crippen molar-refractivity contribution in [1.29, 1.82) is 0 Å². The predicted molar refractivity (Wildman–Crippen MR) is 81.4 cm³/mol. The van der Waals surface area contributed by atoms with E-state index in [1.807, 2.05) is 23.7 Å². The predicted octanol–water partition coefficient (Wildman–Crippen LogP) is 3.66. The van der Waals surface area contributed by atoms with Gasteiger partial charge >= 0.3 is 0 Å². The van der Waals surface area contributed by atoms with Crippen LogP contribution >= 0.6 is 11.3 Å². The lowest BCUT2D eigenvalue weighted by molar-refractivity contribution is 0.371. The Kier molecular flexibility index (Phi) is 4.98. The smallest absolute Gasteiger partial charge is 0.160 e. The van der Waals surface area contributed by atoms with Gasteiger partial charge in [0.1, 0.15) is 5.01 Å². The van der Waals surface area contributed by atoms with Crippen LogP contribution in [0.2, 0.25) is 0 Å². The van der Waals surface area contributed by atoms with Gasteiger partial charge in [-0.2, -0.15) is 0 Å². The molecule has 0 aliphatic carbocycles. The van der Waals surface area contributed by atoms with E-state index in [9.17, 15) is 5.11 Å². The summed E-state index contributed by atoms with van der Waals surface area (Å²) in [7, 11) is 1.56. The van der Waals surface area contributed by atoms with Gasteiger partial charge in [-0.25, -0.2) is 4.98 Å². The van der Waals surface area contributed by atoms with E-state index in [1.54, 1.807) is 24.5 Å². The Morgan fingerprint density at radius 3 is 2.85 bits per heavy atom. The fraction of sp³-hybridized carbons (Fsp3) is 0.400. The number of ether oxygens (including phenoxy) is 1. The number of hydrogen-bond donors (Lipinski definition) is 2. The van der Waals surface area contributed by atoms with Gasteiger partial charge in [-0.05, 0) is 31.0 Å². The SMILES string of the molecule is CCC(NC(C)c1ccc(O)c(OC)c1)c1nccs1. The highest BCUT2D eigenvalue weighted by Crippen LogP contribution is 2.30. The van der Waals surface area contributed by atoms with Crippen LogP contribution in [0.25, 0.3) is 0 Å². The van der Waals surface area contributed by atoms with Gasteiger partial charge in [0, 0.05) is 17.6 Å². The zero-order valence-corrected chi connectivity index (χ0v) is 12.8. The summed E-state index contributed by atoms with van der Waals surface area (Å²) < 4.78 is 5.15. The lowest BCUT2D eigenvalue weighted by atomic mass is 10.1.